The number of pyridine rings is 1. The molecule has 2 heterocycles. The molecule has 0 aliphatic carbocycles. The summed E-state index contributed by atoms with van der Waals surface area (Å²) >= 11 is 0. The van der Waals surface area contributed by atoms with Gasteiger partial charge in [-0.15, -0.1) is 0 Å². The highest BCUT2D eigenvalue weighted by Gasteiger charge is 2.40. The Kier molecular flexibility index (Phi) is 4.05. The fourth-order valence-corrected chi connectivity index (χ4v) is 4.86. The molecule has 0 saturated heterocycles. The molecule has 1 aromatic heterocycles. The molecule has 3 aromatic rings. The third-order valence-corrected chi connectivity index (χ3v) is 6.19. The van der Waals surface area contributed by atoms with E-state index in [1.165, 1.54) is 16.6 Å². The van der Waals surface area contributed by atoms with Gasteiger partial charge in [-0.2, -0.15) is 8.42 Å². The number of benzene rings is 2. The Labute approximate surface area is 152 Å². The predicted octanol–water partition coefficient (Wildman–Crippen LogP) is 3.60. The first kappa shape index (κ1) is 16.5. The van der Waals surface area contributed by atoms with Gasteiger partial charge in [0.15, 0.2) is 10.8 Å². The minimum absolute atomic E-state index is 0.0370. The lowest BCUT2D eigenvalue weighted by Crippen LogP contribution is -2.40. The van der Waals surface area contributed by atoms with Crippen LogP contribution >= 0.6 is 0 Å². The van der Waals surface area contributed by atoms with Crippen molar-refractivity contribution in [1.29, 1.82) is 0 Å². The number of nitrogens with zero attached hydrogens (tertiary/aromatic N) is 2. The quantitative estimate of drug-likeness (QED) is 0.712. The molecule has 1 aliphatic rings. The van der Waals surface area contributed by atoms with E-state index in [0.717, 1.165) is 5.56 Å². The van der Waals surface area contributed by atoms with Crippen LogP contribution in [0.4, 0.5) is 5.69 Å². The summed E-state index contributed by atoms with van der Waals surface area (Å²) in [5, 5.41) is -0.0370. The van der Waals surface area contributed by atoms with Crippen molar-refractivity contribution in [3.63, 3.8) is 0 Å². The second-order valence-electron chi connectivity index (χ2n) is 6.04. The number of hydrogen-bond donors (Lipinski definition) is 0. The summed E-state index contributed by atoms with van der Waals surface area (Å²) in [7, 11) is -3.93. The van der Waals surface area contributed by atoms with Crippen LogP contribution in [0.15, 0.2) is 84.0 Å². The number of ketones is 1. The van der Waals surface area contributed by atoms with Gasteiger partial charge in [0.1, 0.15) is 0 Å². The summed E-state index contributed by atoms with van der Waals surface area (Å²) in [6.45, 7) is 0. The van der Waals surface area contributed by atoms with Crippen LogP contribution in [-0.2, 0) is 10.0 Å². The molecule has 1 atom stereocenters. The van der Waals surface area contributed by atoms with E-state index >= 15 is 0 Å². The number of fused-ring (bicyclic) bond motifs is 1. The topological polar surface area (TPSA) is 67.3 Å². The monoisotopic (exact) mass is 364 g/mol. The number of anilines is 1. The number of Topliss-reactive ketones (excluding diaryl/α,β-unsaturated/α-hetero) is 1. The van der Waals surface area contributed by atoms with Crippen LogP contribution in [0.3, 0.4) is 0 Å². The number of rotatable bonds is 3. The second kappa shape index (κ2) is 6.38. The largest absolute Gasteiger partial charge is 0.294 e. The molecule has 0 amide bonds. The molecule has 0 radical (unpaired) electrons. The molecule has 6 heteroatoms. The van der Waals surface area contributed by atoms with Crippen LogP contribution in [0.5, 0.6) is 0 Å². The molecular formula is C20H16N2O3S. The van der Waals surface area contributed by atoms with Gasteiger partial charge in [0.2, 0.25) is 0 Å². The number of hydrogen-bond acceptors (Lipinski definition) is 4. The van der Waals surface area contributed by atoms with Crippen molar-refractivity contribution in [2.45, 2.75) is 17.5 Å². The fourth-order valence-electron chi connectivity index (χ4n) is 3.26. The third kappa shape index (κ3) is 2.68. The molecule has 0 spiro atoms. The normalized spacial score (nSPS) is 17.0. The molecule has 2 aromatic carbocycles. The van der Waals surface area contributed by atoms with Crippen LogP contribution in [0.2, 0.25) is 0 Å². The molecule has 1 aliphatic heterocycles. The highest BCUT2D eigenvalue weighted by atomic mass is 32.2. The van der Waals surface area contributed by atoms with Crippen molar-refractivity contribution in [1.82, 2.24) is 4.98 Å². The maximum Gasteiger partial charge on any atom is 0.282 e. The van der Waals surface area contributed by atoms with Crippen molar-refractivity contribution in [2.75, 3.05) is 4.31 Å². The van der Waals surface area contributed by atoms with E-state index in [1.807, 2.05) is 30.3 Å². The summed E-state index contributed by atoms with van der Waals surface area (Å²) in [4.78, 5) is 16.7. The van der Waals surface area contributed by atoms with E-state index in [0.29, 0.717) is 11.3 Å². The smallest absolute Gasteiger partial charge is 0.282 e. The van der Waals surface area contributed by atoms with Crippen LogP contribution in [0, 0.1) is 0 Å². The molecule has 130 valence electrons. The van der Waals surface area contributed by atoms with Crippen molar-refractivity contribution in [2.24, 2.45) is 0 Å². The van der Waals surface area contributed by atoms with Gasteiger partial charge in [0.25, 0.3) is 10.0 Å². The van der Waals surface area contributed by atoms with Crippen molar-refractivity contribution in [3.05, 3.63) is 90.1 Å². The van der Waals surface area contributed by atoms with Crippen LogP contribution in [0.1, 0.15) is 28.4 Å². The van der Waals surface area contributed by atoms with E-state index < -0.39 is 16.1 Å². The van der Waals surface area contributed by atoms with Gasteiger partial charge in [-0.1, -0.05) is 48.5 Å². The van der Waals surface area contributed by atoms with Crippen LogP contribution in [-0.4, -0.2) is 19.2 Å². The second-order valence-corrected chi connectivity index (χ2v) is 7.80. The van der Waals surface area contributed by atoms with E-state index in [9.17, 15) is 13.2 Å². The molecule has 0 bridgehead atoms. The minimum Gasteiger partial charge on any atom is -0.294 e. The third-order valence-electron chi connectivity index (χ3n) is 4.45. The van der Waals surface area contributed by atoms with E-state index in [1.54, 1.807) is 36.4 Å². The standard InChI is InChI=1S/C20H16N2O3S/c23-19-14-18(15-8-2-1-3-9-15)22(17-11-5-4-10-16(17)19)26(24,25)20-12-6-7-13-21-20/h1-13,18H,14H2. The zero-order valence-electron chi connectivity index (χ0n) is 13.8. The molecule has 1 unspecified atom stereocenters. The van der Waals surface area contributed by atoms with E-state index in [4.69, 9.17) is 0 Å². The lowest BCUT2D eigenvalue weighted by Gasteiger charge is -2.37. The van der Waals surface area contributed by atoms with Gasteiger partial charge in [-0.25, -0.2) is 4.98 Å². The number of sulfonamides is 1. The van der Waals surface area contributed by atoms with Gasteiger partial charge in [0.05, 0.1) is 11.7 Å². The fraction of sp³-hybridized carbons (Fsp3) is 0.100. The highest BCUT2D eigenvalue weighted by molar-refractivity contribution is 7.92. The minimum atomic E-state index is -3.93. The summed E-state index contributed by atoms with van der Waals surface area (Å²) in [5.41, 5.74) is 1.58. The Balaban J connectivity index is 1.95. The van der Waals surface area contributed by atoms with E-state index in [2.05, 4.69) is 4.98 Å². The molecule has 0 N–H and O–H groups in total. The zero-order valence-corrected chi connectivity index (χ0v) is 14.6. The number of carbonyl (C=O) groups excluding carboxylic acids is 1. The Bertz CT molecular complexity index is 1050. The lowest BCUT2D eigenvalue weighted by atomic mass is 9.92. The number of carbonyl (C=O) groups is 1. The van der Waals surface area contributed by atoms with E-state index in [-0.39, 0.29) is 17.2 Å². The van der Waals surface area contributed by atoms with Gasteiger partial charge in [-0.05, 0) is 29.8 Å². The van der Waals surface area contributed by atoms with Crippen molar-refractivity contribution in [3.8, 4) is 0 Å². The van der Waals surface area contributed by atoms with Gasteiger partial charge in [0, 0.05) is 18.2 Å². The first-order chi connectivity index (χ1) is 12.6. The summed E-state index contributed by atoms with van der Waals surface area (Å²) in [6, 6.07) is 20.2. The maximum atomic E-state index is 13.4. The van der Waals surface area contributed by atoms with Gasteiger partial charge < -0.3 is 0 Å². The number of aromatic nitrogens is 1. The summed E-state index contributed by atoms with van der Waals surface area (Å²) < 4.78 is 28.1. The Morgan fingerprint density at radius 1 is 0.885 bits per heavy atom. The highest BCUT2D eigenvalue weighted by Crippen LogP contribution is 2.41. The SMILES string of the molecule is O=C1CC(c2ccccc2)N(S(=O)(=O)c2ccccn2)c2ccccc21. The molecule has 5 nitrogen and oxygen atoms in total. The predicted molar refractivity (Wildman–Crippen MR) is 98.5 cm³/mol. The van der Waals surface area contributed by atoms with Crippen LogP contribution < -0.4 is 4.31 Å². The molecule has 0 saturated carbocycles. The molecule has 26 heavy (non-hydrogen) atoms. The Morgan fingerprint density at radius 3 is 2.31 bits per heavy atom. The Morgan fingerprint density at radius 2 is 1.58 bits per heavy atom. The molecule has 4 rings (SSSR count). The average molecular weight is 364 g/mol. The Hall–Kier alpha value is -2.99. The van der Waals surface area contributed by atoms with Crippen molar-refractivity contribution < 1.29 is 13.2 Å². The first-order valence-electron chi connectivity index (χ1n) is 8.21. The summed E-state index contributed by atoms with van der Waals surface area (Å²) in [6.07, 6.45) is 1.54. The molecule has 0 fully saturated rings. The first-order valence-corrected chi connectivity index (χ1v) is 9.66. The van der Waals surface area contributed by atoms with Gasteiger partial charge in [-0.3, -0.25) is 9.10 Å². The lowest BCUT2D eigenvalue weighted by molar-refractivity contribution is 0.0969. The van der Waals surface area contributed by atoms with Crippen LogP contribution in [0.25, 0.3) is 0 Å². The maximum absolute atomic E-state index is 13.4. The average Bonchev–Trinajstić information content (AvgIpc) is 2.69. The molecular weight excluding hydrogens is 348 g/mol. The van der Waals surface area contributed by atoms with Gasteiger partial charge >= 0.3 is 0 Å². The van der Waals surface area contributed by atoms with Crippen molar-refractivity contribution >= 4 is 21.5 Å². The number of para-hydroxylation sites is 1. The summed E-state index contributed by atoms with van der Waals surface area (Å²) in [5.74, 6) is -0.0677. The zero-order chi connectivity index (χ0) is 18.1.